The Balaban J connectivity index is 1.76. The monoisotopic (exact) mass is 401 g/mol. The summed E-state index contributed by atoms with van der Waals surface area (Å²) in [5, 5.41) is 20.2. The summed E-state index contributed by atoms with van der Waals surface area (Å²) in [6, 6.07) is 0. The lowest BCUT2D eigenvalue weighted by Crippen LogP contribution is -2.03. The van der Waals surface area contributed by atoms with Crippen LogP contribution < -0.4 is 0 Å². The first-order valence-corrected chi connectivity index (χ1v) is 9.19. The van der Waals surface area contributed by atoms with E-state index in [1.807, 2.05) is 6.92 Å². The average molecular weight is 401 g/mol. The minimum atomic E-state index is -0.477. The molecule has 0 bridgehead atoms. The van der Waals surface area contributed by atoms with E-state index in [2.05, 4.69) is 20.2 Å². The number of esters is 1. The van der Waals surface area contributed by atoms with Crippen molar-refractivity contribution in [1.29, 1.82) is 0 Å². The van der Waals surface area contributed by atoms with Crippen LogP contribution >= 0.6 is 11.3 Å². The highest BCUT2D eigenvalue weighted by molar-refractivity contribution is 7.20. The van der Waals surface area contributed by atoms with Gasteiger partial charge in [-0.25, -0.2) is 19.3 Å². The lowest BCUT2D eigenvalue weighted by Gasteiger charge is -1.99. The zero-order valence-corrected chi connectivity index (χ0v) is 16.1. The summed E-state index contributed by atoms with van der Waals surface area (Å²) in [4.78, 5) is 32.7. The molecule has 0 aromatic carbocycles. The molecule has 0 N–H and O–H groups in total. The minimum Gasteiger partial charge on any atom is -0.462 e. The van der Waals surface area contributed by atoms with Gasteiger partial charge in [0.25, 0.3) is 0 Å². The summed E-state index contributed by atoms with van der Waals surface area (Å²) in [6.45, 7) is 5.61. The number of nitrogens with zero attached hydrogens (tertiary/aromatic N) is 7. The number of hydrogen-bond donors (Lipinski definition) is 0. The van der Waals surface area contributed by atoms with Crippen molar-refractivity contribution in [2.24, 2.45) is 0 Å². The van der Waals surface area contributed by atoms with Gasteiger partial charge in [0.05, 0.1) is 16.9 Å². The maximum atomic E-state index is 12.2. The summed E-state index contributed by atoms with van der Waals surface area (Å²) >= 11 is 1.25. The van der Waals surface area contributed by atoms with Crippen LogP contribution in [0.2, 0.25) is 0 Å². The van der Waals surface area contributed by atoms with Crippen LogP contribution in [0.25, 0.3) is 15.9 Å². The molecule has 0 atom stereocenters. The van der Waals surface area contributed by atoms with Crippen LogP contribution in [0.5, 0.6) is 0 Å². The average Bonchev–Trinajstić information content (AvgIpc) is 3.30. The zero-order valence-electron chi connectivity index (χ0n) is 15.2. The highest BCUT2D eigenvalue weighted by Gasteiger charge is 2.21. The van der Waals surface area contributed by atoms with E-state index in [0.717, 1.165) is 10.9 Å². The van der Waals surface area contributed by atoms with Crippen molar-refractivity contribution in [3.63, 3.8) is 0 Å². The van der Waals surface area contributed by atoms with E-state index in [1.54, 1.807) is 13.8 Å². The van der Waals surface area contributed by atoms with Gasteiger partial charge < -0.3 is 4.74 Å². The second kappa shape index (κ2) is 6.64. The molecular weight excluding hydrogens is 386 g/mol. The quantitative estimate of drug-likeness (QED) is 0.283. The van der Waals surface area contributed by atoms with Gasteiger partial charge in [0, 0.05) is 0 Å². The molecule has 28 heavy (non-hydrogen) atoms. The van der Waals surface area contributed by atoms with Gasteiger partial charge in [0.2, 0.25) is 0 Å². The fourth-order valence-electron chi connectivity index (χ4n) is 2.95. The minimum absolute atomic E-state index is 0.0550. The van der Waals surface area contributed by atoms with Crippen LogP contribution in [0.15, 0.2) is 12.5 Å². The highest BCUT2D eigenvalue weighted by atomic mass is 32.1. The van der Waals surface area contributed by atoms with Crippen molar-refractivity contribution < 1.29 is 14.5 Å². The normalized spacial score (nSPS) is 11.4. The molecule has 4 heterocycles. The molecule has 4 rings (SSSR count). The lowest BCUT2D eigenvalue weighted by molar-refractivity contribution is -0.385. The summed E-state index contributed by atoms with van der Waals surface area (Å²) in [7, 11) is 0. The van der Waals surface area contributed by atoms with Crippen molar-refractivity contribution in [3.8, 4) is 0 Å². The van der Waals surface area contributed by atoms with E-state index in [1.165, 1.54) is 33.1 Å². The Bertz CT molecular complexity index is 1240. The largest absolute Gasteiger partial charge is 0.462 e. The molecule has 0 unspecified atom stereocenters. The summed E-state index contributed by atoms with van der Waals surface area (Å²) in [6.07, 6.45) is 2.87. The maximum absolute atomic E-state index is 12.2. The van der Waals surface area contributed by atoms with E-state index in [-0.39, 0.29) is 18.2 Å². The number of rotatable bonds is 5. The van der Waals surface area contributed by atoms with Gasteiger partial charge in [-0.3, -0.25) is 14.8 Å². The molecule has 0 spiro atoms. The Morgan fingerprint density at radius 1 is 1.36 bits per heavy atom. The van der Waals surface area contributed by atoms with Gasteiger partial charge in [0.15, 0.2) is 11.5 Å². The third-order valence-corrected chi connectivity index (χ3v) is 5.37. The molecule has 0 fully saturated rings. The first-order chi connectivity index (χ1) is 13.4. The molecule has 0 aliphatic heterocycles. The van der Waals surface area contributed by atoms with Crippen molar-refractivity contribution in [2.45, 2.75) is 27.3 Å². The number of aryl methyl sites for hydroxylation is 2. The van der Waals surface area contributed by atoms with Crippen molar-refractivity contribution in [1.82, 2.24) is 29.4 Å². The van der Waals surface area contributed by atoms with Gasteiger partial charge in [-0.15, -0.1) is 16.4 Å². The Morgan fingerprint density at radius 3 is 2.82 bits per heavy atom. The van der Waals surface area contributed by atoms with Crippen LogP contribution in [0.3, 0.4) is 0 Å². The van der Waals surface area contributed by atoms with E-state index >= 15 is 0 Å². The molecule has 0 saturated carbocycles. The van der Waals surface area contributed by atoms with Crippen molar-refractivity contribution >= 4 is 38.9 Å². The Morgan fingerprint density at radius 2 is 2.14 bits per heavy atom. The number of aromatic nitrogens is 6. The first kappa shape index (κ1) is 18.0. The van der Waals surface area contributed by atoms with Gasteiger partial charge in [0.1, 0.15) is 34.5 Å². The number of thiophene rings is 1. The standard InChI is InChI=1S/C16H15N7O4S/c1-4-27-16(24)13-8(2)12-14-18-11(20-22(14)7-17-15(12)28-13)6-21-5-10(23(25)26)9(3)19-21/h5,7H,4,6H2,1-3H3. The summed E-state index contributed by atoms with van der Waals surface area (Å²) in [5.41, 5.74) is 1.56. The van der Waals surface area contributed by atoms with E-state index < -0.39 is 4.92 Å². The van der Waals surface area contributed by atoms with Gasteiger partial charge >= 0.3 is 11.7 Å². The molecule has 0 radical (unpaired) electrons. The Labute approximate surface area is 161 Å². The molecular formula is C16H15N7O4S. The number of nitro groups is 1. The molecule has 0 aliphatic carbocycles. The number of fused-ring (bicyclic) bond motifs is 3. The van der Waals surface area contributed by atoms with E-state index in [9.17, 15) is 14.9 Å². The highest BCUT2D eigenvalue weighted by Crippen LogP contribution is 2.32. The van der Waals surface area contributed by atoms with E-state index in [4.69, 9.17) is 4.74 Å². The summed E-state index contributed by atoms with van der Waals surface area (Å²) in [5.74, 6) is 0.0372. The van der Waals surface area contributed by atoms with Gasteiger partial charge in [-0.05, 0) is 26.3 Å². The third-order valence-electron chi connectivity index (χ3n) is 4.19. The molecule has 11 nitrogen and oxygen atoms in total. The van der Waals surface area contributed by atoms with Crippen LogP contribution in [0.1, 0.15) is 33.7 Å². The smallest absolute Gasteiger partial charge is 0.348 e. The number of carbonyl (C=O) groups is 1. The van der Waals surface area contributed by atoms with Crippen LogP contribution in [0, 0.1) is 24.0 Å². The molecule has 0 amide bonds. The van der Waals surface area contributed by atoms with Crippen molar-refractivity contribution in [2.75, 3.05) is 6.61 Å². The topological polar surface area (TPSA) is 130 Å². The first-order valence-electron chi connectivity index (χ1n) is 8.38. The van der Waals surface area contributed by atoms with E-state index in [0.29, 0.717) is 33.5 Å². The van der Waals surface area contributed by atoms with Crippen LogP contribution in [0.4, 0.5) is 5.69 Å². The third kappa shape index (κ3) is 2.87. The second-order valence-electron chi connectivity index (χ2n) is 6.05. The SMILES string of the molecule is CCOC(=O)c1sc2ncn3nc(Cn4cc([N+](=O)[O-])c(C)n4)nc3c2c1C. The predicted molar refractivity (Wildman–Crippen MR) is 99.6 cm³/mol. The second-order valence-corrected chi connectivity index (χ2v) is 7.05. The predicted octanol–water partition coefficient (Wildman–Crippen LogP) is 2.29. The molecule has 4 aromatic rings. The molecule has 12 heteroatoms. The molecule has 0 saturated heterocycles. The fraction of sp³-hybridized carbons (Fsp3) is 0.312. The summed E-state index contributed by atoms with van der Waals surface area (Å²) < 4.78 is 8.05. The van der Waals surface area contributed by atoms with Crippen molar-refractivity contribution in [3.05, 3.63) is 44.6 Å². The number of carbonyl (C=O) groups excluding carboxylic acids is 1. The lowest BCUT2D eigenvalue weighted by atomic mass is 10.2. The Kier molecular flexibility index (Phi) is 4.26. The van der Waals surface area contributed by atoms with Crippen LogP contribution in [-0.4, -0.2) is 46.9 Å². The molecule has 4 aromatic heterocycles. The number of hydrogen-bond acceptors (Lipinski definition) is 9. The van der Waals surface area contributed by atoms with Crippen LogP contribution in [-0.2, 0) is 11.3 Å². The van der Waals surface area contributed by atoms with Gasteiger partial charge in [-0.1, -0.05) is 0 Å². The zero-order chi connectivity index (χ0) is 20.0. The maximum Gasteiger partial charge on any atom is 0.348 e. The molecule has 0 aliphatic rings. The van der Waals surface area contributed by atoms with Gasteiger partial charge in [-0.2, -0.15) is 5.10 Å². The number of ether oxygens (including phenoxy) is 1. The molecule has 144 valence electrons. The fourth-order valence-corrected chi connectivity index (χ4v) is 3.99. The Hall–Kier alpha value is -3.41.